The Kier molecular flexibility index (Phi) is 6.50. The molecule has 5 rings (SSSR count). The van der Waals surface area contributed by atoms with Crippen LogP contribution in [0.2, 0.25) is 5.15 Å². The summed E-state index contributed by atoms with van der Waals surface area (Å²) < 4.78 is 0. The van der Waals surface area contributed by atoms with Gasteiger partial charge in [0.1, 0.15) is 17.0 Å². The molecule has 2 aliphatic heterocycles. The average Bonchev–Trinajstić information content (AvgIpc) is 2.91. The van der Waals surface area contributed by atoms with Gasteiger partial charge in [0.05, 0.1) is 24.1 Å². The molecule has 1 fully saturated rings. The molecule has 1 aromatic heterocycles. The molecule has 1 amide bonds. The lowest BCUT2D eigenvalue weighted by atomic mass is 9.94. The summed E-state index contributed by atoms with van der Waals surface area (Å²) >= 11 is 6.56. The van der Waals surface area contributed by atoms with Crippen molar-refractivity contribution >= 4 is 39.8 Å². The number of halogens is 1. The molecule has 0 saturated carbocycles. The standard InChI is InChI=1S/C28H25ClN6O/c1-2-26(36)35-15-14-34(17-20(35)10-12-30)28-22-11-13-33(18-24(22)23(16-31)27(29)32-28)25-9-5-7-19-6-3-4-8-21(19)25/h2-9,20H,1,10-11,13-15,17-18H2. The van der Waals surface area contributed by atoms with E-state index in [0.717, 1.165) is 29.2 Å². The molecule has 8 heteroatoms. The zero-order valence-corrected chi connectivity index (χ0v) is 20.6. The van der Waals surface area contributed by atoms with Crippen LogP contribution in [0, 0.1) is 22.7 Å². The molecule has 2 aliphatic rings. The van der Waals surface area contributed by atoms with Crippen LogP contribution in [-0.4, -0.2) is 48.0 Å². The number of hydrogen-bond donors (Lipinski definition) is 0. The first-order valence-corrected chi connectivity index (χ1v) is 12.3. The number of carbonyl (C=O) groups is 1. The zero-order valence-electron chi connectivity index (χ0n) is 19.8. The van der Waals surface area contributed by atoms with Gasteiger partial charge in [-0.3, -0.25) is 4.79 Å². The molecule has 0 radical (unpaired) electrons. The van der Waals surface area contributed by atoms with E-state index in [1.54, 1.807) is 4.90 Å². The van der Waals surface area contributed by atoms with Crippen molar-refractivity contribution in [3.63, 3.8) is 0 Å². The third-order valence-electron chi connectivity index (χ3n) is 7.11. The van der Waals surface area contributed by atoms with E-state index in [2.05, 4.69) is 63.8 Å². The maximum Gasteiger partial charge on any atom is 0.246 e. The Balaban J connectivity index is 1.52. The Hall–Kier alpha value is -4.07. The topological polar surface area (TPSA) is 87.3 Å². The number of amides is 1. The Bertz CT molecular complexity index is 1430. The van der Waals surface area contributed by atoms with E-state index in [9.17, 15) is 15.3 Å². The van der Waals surface area contributed by atoms with Crippen molar-refractivity contribution in [2.45, 2.75) is 25.4 Å². The molecule has 1 unspecified atom stereocenters. The third-order valence-corrected chi connectivity index (χ3v) is 7.39. The predicted molar refractivity (Wildman–Crippen MR) is 141 cm³/mol. The Morgan fingerprint density at radius 3 is 2.69 bits per heavy atom. The number of pyridine rings is 1. The molecule has 3 heterocycles. The van der Waals surface area contributed by atoms with Crippen molar-refractivity contribution in [2.24, 2.45) is 0 Å². The van der Waals surface area contributed by atoms with Crippen LogP contribution >= 0.6 is 11.6 Å². The first-order chi connectivity index (χ1) is 17.5. The minimum absolute atomic E-state index is 0.173. The number of anilines is 2. The highest BCUT2D eigenvalue weighted by atomic mass is 35.5. The van der Waals surface area contributed by atoms with E-state index in [4.69, 9.17) is 11.6 Å². The number of piperazine rings is 1. The van der Waals surface area contributed by atoms with Crippen LogP contribution < -0.4 is 9.80 Å². The Morgan fingerprint density at radius 2 is 1.92 bits per heavy atom. The summed E-state index contributed by atoms with van der Waals surface area (Å²) in [4.78, 5) is 23.1. The van der Waals surface area contributed by atoms with Crippen molar-refractivity contribution in [3.05, 3.63) is 77.0 Å². The first kappa shape index (κ1) is 23.7. The summed E-state index contributed by atoms with van der Waals surface area (Å²) in [5, 5.41) is 21.8. The minimum Gasteiger partial charge on any atom is -0.366 e. The summed E-state index contributed by atoms with van der Waals surface area (Å²) in [6.07, 6.45) is 2.22. The lowest BCUT2D eigenvalue weighted by molar-refractivity contribution is -0.128. The van der Waals surface area contributed by atoms with Gasteiger partial charge in [-0.25, -0.2) is 4.98 Å². The second-order valence-corrected chi connectivity index (χ2v) is 9.40. The molecular formula is C28H25ClN6O. The molecular weight excluding hydrogens is 472 g/mol. The zero-order chi connectivity index (χ0) is 25.2. The van der Waals surface area contributed by atoms with E-state index in [-0.39, 0.29) is 23.5 Å². The SMILES string of the molecule is C=CC(=O)N1CCN(c2nc(Cl)c(C#N)c3c2CCN(c2cccc4ccccc24)C3)CC1CC#N. The molecule has 0 spiro atoms. The second kappa shape index (κ2) is 9.89. The van der Waals surface area contributed by atoms with E-state index in [1.807, 2.05) is 12.1 Å². The second-order valence-electron chi connectivity index (χ2n) is 9.04. The van der Waals surface area contributed by atoms with E-state index < -0.39 is 0 Å². The number of fused-ring (bicyclic) bond motifs is 2. The molecule has 1 atom stereocenters. The van der Waals surface area contributed by atoms with E-state index >= 15 is 0 Å². The van der Waals surface area contributed by atoms with Gasteiger partial charge in [-0.05, 0) is 29.5 Å². The van der Waals surface area contributed by atoms with Gasteiger partial charge in [-0.2, -0.15) is 10.5 Å². The monoisotopic (exact) mass is 496 g/mol. The van der Waals surface area contributed by atoms with Crippen LogP contribution in [0.1, 0.15) is 23.1 Å². The third kappa shape index (κ3) is 4.12. The number of aromatic nitrogens is 1. The molecule has 180 valence electrons. The first-order valence-electron chi connectivity index (χ1n) is 11.9. The molecule has 0 N–H and O–H groups in total. The fourth-order valence-electron chi connectivity index (χ4n) is 5.38. The molecule has 3 aromatic rings. The van der Waals surface area contributed by atoms with Crippen molar-refractivity contribution in [1.29, 1.82) is 10.5 Å². The number of hydrogen-bond acceptors (Lipinski definition) is 6. The van der Waals surface area contributed by atoms with Crippen molar-refractivity contribution in [1.82, 2.24) is 9.88 Å². The number of nitriles is 2. The highest BCUT2D eigenvalue weighted by Gasteiger charge is 2.33. The van der Waals surface area contributed by atoms with Crippen molar-refractivity contribution in [3.8, 4) is 12.1 Å². The summed E-state index contributed by atoms with van der Waals surface area (Å²) in [5.41, 5.74) is 3.46. The molecule has 7 nitrogen and oxygen atoms in total. The van der Waals surface area contributed by atoms with Gasteiger partial charge in [0, 0.05) is 49.4 Å². The molecule has 2 aromatic carbocycles. The van der Waals surface area contributed by atoms with Gasteiger partial charge in [0.15, 0.2) is 0 Å². The average molecular weight is 497 g/mol. The number of rotatable bonds is 4. The van der Waals surface area contributed by atoms with Gasteiger partial charge >= 0.3 is 0 Å². The normalized spacial score (nSPS) is 17.3. The lowest BCUT2D eigenvalue weighted by Gasteiger charge is -2.42. The van der Waals surface area contributed by atoms with Crippen LogP contribution in [0.15, 0.2) is 55.1 Å². The maximum absolute atomic E-state index is 12.3. The highest BCUT2D eigenvalue weighted by molar-refractivity contribution is 6.30. The molecule has 0 aliphatic carbocycles. The fraction of sp³-hybridized carbons (Fsp3) is 0.286. The Labute approximate surface area is 215 Å². The fourth-order valence-corrected chi connectivity index (χ4v) is 5.62. The molecule has 1 saturated heterocycles. The summed E-state index contributed by atoms with van der Waals surface area (Å²) in [6.45, 7) is 6.43. The smallest absolute Gasteiger partial charge is 0.246 e. The minimum atomic E-state index is -0.267. The van der Waals surface area contributed by atoms with Gasteiger partial charge in [0.25, 0.3) is 0 Å². The quantitative estimate of drug-likeness (QED) is 0.392. The number of nitrogens with zero attached hydrogens (tertiary/aromatic N) is 6. The van der Waals surface area contributed by atoms with Crippen LogP contribution in [0.3, 0.4) is 0 Å². The van der Waals surface area contributed by atoms with Crippen molar-refractivity contribution < 1.29 is 4.79 Å². The van der Waals surface area contributed by atoms with Crippen LogP contribution in [0.25, 0.3) is 10.8 Å². The number of carbonyl (C=O) groups excluding carboxylic acids is 1. The van der Waals surface area contributed by atoms with Crippen LogP contribution in [0.4, 0.5) is 11.5 Å². The van der Waals surface area contributed by atoms with Gasteiger partial charge < -0.3 is 14.7 Å². The van der Waals surface area contributed by atoms with E-state index in [0.29, 0.717) is 38.2 Å². The molecule has 0 bridgehead atoms. The summed E-state index contributed by atoms with van der Waals surface area (Å²) in [5.74, 6) is 0.577. The van der Waals surface area contributed by atoms with Crippen molar-refractivity contribution in [2.75, 3.05) is 36.0 Å². The predicted octanol–water partition coefficient (Wildman–Crippen LogP) is 4.44. The highest BCUT2D eigenvalue weighted by Crippen LogP contribution is 2.37. The maximum atomic E-state index is 12.3. The van der Waals surface area contributed by atoms with Gasteiger partial charge in [0.2, 0.25) is 5.91 Å². The van der Waals surface area contributed by atoms with Gasteiger partial charge in [-0.15, -0.1) is 0 Å². The summed E-state index contributed by atoms with van der Waals surface area (Å²) in [6, 6.07) is 18.8. The Morgan fingerprint density at radius 1 is 1.11 bits per heavy atom. The summed E-state index contributed by atoms with van der Waals surface area (Å²) in [7, 11) is 0. The largest absolute Gasteiger partial charge is 0.366 e. The van der Waals surface area contributed by atoms with Crippen LogP contribution in [0.5, 0.6) is 0 Å². The lowest BCUT2D eigenvalue weighted by Crippen LogP contribution is -2.55. The van der Waals surface area contributed by atoms with Crippen LogP contribution in [-0.2, 0) is 17.8 Å². The van der Waals surface area contributed by atoms with Gasteiger partial charge in [-0.1, -0.05) is 54.6 Å². The number of benzene rings is 2. The van der Waals surface area contributed by atoms with E-state index in [1.165, 1.54) is 16.8 Å². The molecule has 36 heavy (non-hydrogen) atoms.